The van der Waals surface area contributed by atoms with Crippen LogP contribution in [0.25, 0.3) is 10.9 Å². The summed E-state index contributed by atoms with van der Waals surface area (Å²) in [7, 11) is 1.60. The molecular weight excluding hydrogens is 482 g/mol. The summed E-state index contributed by atoms with van der Waals surface area (Å²) in [5.74, 6) is 0.147. The van der Waals surface area contributed by atoms with Gasteiger partial charge < -0.3 is 14.7 Å². The van der Waals surface area contributed by atoms with Gasteiger partial charge in [0.15, 0.2) is 12.3 Å². The van der Waals surface area contributed by atoms with Gasteiger partial charge in [-0.25, -0.2) is 0 Å². The van der Waals surface area contributed by atoms with E-state index in [9.17, 15) is 9.90 Å². The lowest BCUT2D eigenvalue weighted by Crippen LogP contribution is -2.35. The highest BCUT2D eigenvalue weighted by Crippen LogP contribution is 2.53. The number of azo groups is 1. The second-order valence-corrected chi connectivity index (χ2v) is 11.6. The van der Waals surface area contributed by atoms with Gasteiger partial charge in [0.25, 0.3) is 0 Å². The van der Waals surface area contributed by atoms with Crippen LogP contribution in [0, 0.1) is 10.8 Å². The number of amides is 1. The lowest BCUT2D eigenvalue weighted by Gasteiger charge is -2.40. The van der Waals surface area contributed by atoms with Gasteiger partial charge in [0.2, 0.25) is 5.88 Å². The first-order valence-corrected chi connectivity index (χ1v) is 12.9. The van der Waals surface area contributed by atoms with Gasteiger partial charge in [-0.05, 0) is 66.0 Å². The van der Waals surface area contributed by atoms with Crippen LogP contribution in [0.4, 0.5) is 5.69 Å². The van der Waals surface area contributed by atoms with E-state index in [2.05, 4.69) is 41.1 Å². The number of oxime groups is 1. The number of ether oxygens (including phenoxy) is 1. The molecule has 0 unspecified atom stereocenters. The maximum absolute atomic E-state index is 12.3. The Bertz CT molecular complexity index is 1380. The number of nitrogens with zero attached hydrogens (tertiary/aromatic N) is 5. The summed E-state index contributed by atoms with van der Waals surface area (Å²) >= 11 is 0. The fourth-order valence-electron chi connectivity index (χ4n) is 6.45. The minimum absolute atomic E-state index is 0.00653. The summed E-state index contributed by atoms with van der Waals surface area (Å²) in [6, 6.07) is 15.4. The number of para-hydroxylation sites is 1. The Morgan fingerprint density at radius 3 is 2.66 bits per heavy atom. The van der Waals surface area contributed by atoms with Gasteiger partial charge in [-0.1, -0.05) is 44.1 Å². The number of benzene rings is 2. The summed E-state index contributed by atoms with van der Waals surface area (Å²) in [4.78, 5) is 19.8. The largest absolute Gasteiger partial charge is 0.497 e. The van der Waals surface area contributed by atoms with E-state index >= 15 is 0 Å². The van der Waals surface area contributed by atoms with E-state index in [0.29, 0.717) is 18.1 Å². The minimum Gasteiger partial charge on any atom is -0.497 e. The van der Waals surface area contributed by atoms with Crippen LogP contribution in [0.3, 0.4) is 0 Å². The number of methoxy groups -OCH3 is 1. The van der Waals surface area contributed by atoms with E-state index in [1.807, 2.05) is 41.0 Å². The molecule has 1 aliphatic carbocycles. The fraction of sp³-hybridized carbons (Fsp3) is 0.448. The molecule has 38 heavy (non-hydrogen) atoms. The Balaban J connectivity index is 1.27. The Labute approximate surface area is 222 Å². The molecule has 2 heterocycles. The SMILES string of the molecule is COc1ccc(/C=N\OCC(=O)N=Nc2c(O)n(CN3C[C@@]4(C)C[C@H]3CC(C)(C)C4)c3ccccc23)cc1. The number of hydrogen-bond donors (Lipinski definition) is 1. The Morgan fingerprint density at radius 2 is 1.89 bits per heavy atom. The third kappa shape index (κ3) is 5.43. The van der Waals surface area contributed by atoms with Crippen molar-refractivity contribution in [3.63, 3.8) is 0 Å². The molecule has 2 bridgehead atoms. The van der Waals surface area contributed by atoms with E-state index in [1.165, 1.54) is 19.1 Å². The molecule has 1 saturated heterocycles. The van der Waals surface area contributed by atoms with Crippen LogP contribution in [-0.4, -0.2) is 53.0 Å². The number of likely N-dealkylation sites (tertiary alicyclic amines) is 1. The van der Waals surface area contributed by atoms with Gasteiger partial charge in [0, 0.05) is 18.0 Å². The first-order chi connectivity index (χ1) is 18.2. The highest BCUT2D eigenvalue weighted by molar-refractivity contribution is 5.95. The first-order valence-electron chi connectivity index (χ1n) is 12.9. The number of aromatic hydroxyl groups is 1. The van der Waals surface area contributed by atoms with Crippen molar-refractivity contribution < 1.29 is 19.5 Å². The zero-order chi connectivity index (χ0) is 26.9. The van der Waals surface area contributed by atoms with Crippen molar-refractivity contribution in [2.75, 3.05) is 20.3 Å². The molecule has 1 saturated carbocycles. The van der Waals surface area contributed by atoms with E-state index in [1.54, 1.807) is 19.2 Å². The number of rotatable bonds is 8. The summed E-state index contributed by atoms with van der Waals surface area (Å²) in [6.07, 6.45) is 5.03. The van der Waals surface area contributed by atoms with Gasteiger partial charge in [-0.15, -0.1) is 10.2 Å². The van der Waals surface area contributed by atoms with Crippen molar-refractivity contribution in [2.24, 2.45) is 26.2 Å². The van der Waals surface area contributed by atoms with Gasteiger partial charge in [-0.3, -0.25) is 14.3 Å². The average molecular weight is 518 g/mol. The standard InChI is InChI=1S/C29H35N5O4/c1-28(2)13-21-14-29(3,17-28)18-33(21)19-34-24-8-6-5-7-23(24)26(27(34)36)32-31-25(35)16-38-30-15-20-9-11-22(37-4)12-10-20/h5-12,15,21,36H,13-14,16-19H2,1-4H3/b30-15-,32-31?/t21-,29+/m1/s1. The van der Waals surface area contributed by atoms with Crippen LogP contribution >= 0.6 is 0 Å². The van der Waals surface area contributed by atoms with Gasteiger partial charge in [0.05, 0.1) is 25.5 Å². The van der Waals surface area contributed by atoms with Crippen LogP contribution in [0.2, 0.25) is 0 Å². The Morgan fingerprint density at radius 1 is 1.13 bits per heavy atom. The van der Waals surface area contributed by atoms with Crippen molar-refractivity contribution in [3.8, 4) is 11.6 Å². The third-order valence-corrected chi connectivity index (χ3v) is 7.61. The maximum atomic E-state index is 12.3. The molecule has 2 aliphatic rings. The normalized spacial score (nSPS) is 23.0. The second-order valence-electron chi connectivity index (χ2n) is 11.6. The average Bonchev–Trinajstić information content (AvgIpc) is 3.28. The minimum atomic E-state index is -0.600. The summed E-state index contributed by atoms with van der Waals surface area (Å²) in [5, 5.41) is 23.7. The third-order valence-electron chi connectivity index (χ3n) is 7.61. The molecule has 0 spiro atoms. The van der Waals surface area contributed by atoms with Gasteiger partial charge in [0.1, 0.15) is 5.75 Å². The number of carbonyl (C=O) groups is 1. The molecule has 2 fully saturated rings. The van der Waals surface area contributed by atoms with Crippen molar-refractivity contribution in [1.82, 2.24) is 9.47 Å². The molecule has 200 valence electrons. The van der Waals surface area contributed by atoms with Crippen LogP contribution in [0.5, 0.6) is 11.6 Å². The smallest absolute Gasteiger partial charge is 0.304 e. The van der Waals surface area contributed by atoms with E-state index < -0.39 is 5.91 Å². The number of fused-ring (bicyclic) bond motifs is 3. The predicted octanol–water partition coefficient (Wildman–Crippen LogP) is 5.87. The van der Waals surface area contributed by atoms with E-state index in [0.717, 1.165) is 35.2 Å². The Hall–Kier alpha value is -3.72. The fourth-order valence-corrected chi connectivity index (χ4v) is 6.45. The molecule has 1 amide bonds. The second kappa shape index (κ2) is 10.2. The van der Waals surface area contributed by atoms with Crippen molar-refractivity contribution in [3.05, 3.63) is 54.1 Å². The van der Waals surface area contributed by atoms with Crippen LogP contribution in [0.15, 0.2) is 63.9 Å². The zero-order valence-corrected chi connectivity index (χ0v) is 22.4. The molecule has 1 aliphatic heterocycles. The summed E-state index contributed by atoms with van der Waals surface area (Å²) in [6.45, 7) is 8.29. The topological polar surface area (TPSA) is 101 Å². The van der Waals surface area contributed by atoms with Crippen LogP contribution in [-0.2, 0) is 16.3 Å². The molecule has 1 N–H and O–H groups in total. The number of aromatic nitrogens is 1. The molecule has 0 radical (unpaired) electrons. The molecular formula is C29H35N5O4. The predicted molar refractivity (Wildman–Crippen MR) is 146 cm³/mol. The lowest BCUT2D eigenvalue weighted by atomic mass is 9.65. The van der Waals surface area contributed by atoms with E-state index in [-0.39, 0.29) is 23.6 Å². The van der Waals surface area contributed by atoms with Crippen molar-refractivity contribution in [1.29, 1.82) is 0 Å². The van der Waals surface area contributed by atoms with E-state index in [4.69, 9.17) is 9.57 Å². The molecule has 9 heteroatoms. The van der Waals surface area contributed by atoms with Crippen LogP contribution in [0.1, 0.15) is 45.6 Å². The van der Waals surface area contributed by atoms with Crippen LogP contribution < -0.4 is 4.74 Å². The summed E-state index contributed by atoms with van der Waals surface area (Å²) < 4.78 is 7.00. The monoisotopic (exact) mass is 517 g/mol. The molecule has 2 aromatic carbocycles. The highest BCUT2D eigenvalue weighted by Gasteiger charge is 2.49. The molecule has 5 rings (SSSR count). The lowest BCUT2D eigenvalue weighted by molar-refractivity contribution is -0.122. The zero-order valence-electron chi connectivity index (χ0n) is 22.4. The van der Waals surface area contributed by atoms with Crippen molar-refractivity contribution >= 4 is 28.7 Å². The molecule has 3 aromatic rings. The Kier molecular flexibility index (Phi) is 6.96. The number of hydrogen-bond acceptors (Lipinski definition) is 7. The van der Waals surface area contributed by atoms with Gasteiger partial charge in [-0.2, -0.15) is 0 Å². The van der Waals surface area contributed by atoms with Gasteiger partial charge >= 0.3 is 5.91 Å². The molecule has 9 nitrogen and oxygen atoms in total. The first kappa shape index (κ1) is 25.9. The highest BCUT2D eigenvalue weighted by atomic mass is 16.6. The maximum Gasteiger partial charge on any atom is 0.304 e. The summed E-state index contributed by atoms with van der Waals surface area (Å²) in [5.41, 5.74) is 2.54. The number of carbonyl (C=O) groups excluding carboxylic acids is 1. The molecule has 1 aromatic heterocycles. The quantitative estimate of drug-likeness (QED) is 0.229. The molecule has 2 atom stereocenters. The van der Waals surface area contributed by atoms with Crippen molar-refractivity contribution in [2.45, 2.75) is 52.7 Å².